The fourth-order valence-electron chi connectivity index (χ4n) is 1.47. The molecule has 0 spiro atoms. The van der Waals surface area contributed by atoms with Gasteiger partial charge in [-0.15, -0.1) is 0 Å². The van der Waals surface area contributed by atoms with E-state index in [9.17, 15) is 5.11 Å². The minimum atomic E-state index is -0.396. The van der Waals surface area contributed by atoms with Gasteiger partial charge in [0.05, 0.1) is 12.7 Å². The predicted octanol–water partition coefficient (Wildman–Crippen LogP) is 0.127. The van der Waals surface area contributed by atoms with Crippen molar-refractivity contribution in [3.05, 3.63) is 0 Å². The second-order valence-electron chi connectivity index (χ2n) is 3.97. The third-order valence-corrected chi connectivity index (χ3v) is 2.09. The minimum Gasteiger partial charge on any atom is -0.464 e. The Balaban J connectivity index is 2.77. The summed E-state index contributed by atoms with van der Waals surface area (Å²) >= 11 is 0. The molecule has 0 radical (unpaired) electrons. The van der Waals surface area contributed by atoms with Crippen LogP contribution in [0.5, 0.6) is 6.01 Å². The minimum absolute atomic E-state index is 0.0208. The van der Waals surface area contributed by atoms with E-state index < -0.39 is 6.10 Å². The molecule has 0 amide bonds. The Labute approximate surface area is 106 Å². The van der Waals surface area contributed by atoms with Crippen molar-refractivity contribution in [3.63, 3.8) is 0 Å². The Kier molecular flexibility index (Phi) is 5.53. The molecule has 8 heteroatoms. The molecular weight excluding hydrogens is 236 g/mol. The van der Waals surface area contributed by atoms with Gasteiger partial charge in [0.1, 0.15) is 0 Å². The third kappa shape index (κ3) is 4.68. The van der Waals surface area contributed by atoms with E-state index >= 15 is 0 Å². The molecule has 1 aromatic heterocycles. The van der Waals surface area contributed by atoms with E-state index in [4.69, 9.17) is 10.6 Å². The average Bonchev–Trinajstić information content (AvgIpc) is 2.27. The van der Waals surface area contributed by atoms with Crippen LogP contribution in [0.3, 0.4) is 0 Å². The van der Waals surface area contributed by atoms with Gasteiger partial charge in [-0.1, -0.05) is 0 Å². The molecule has 2 atom stereocenters. The number of nitrogens with zero attached hydrogens (tertiary/aromatic N) is 3. The molecule has 18 heavy (non-hydrogen) atoms. The quantitative estimate of drug-likeness (QED) is 0.401. The van der Waals surface area contributed by atoms with Gasteiger partial charge in [0, 0.05) is 6.04 Å². The van der Waals surface area contributed by atoms with E-state index in [-0.39, 0.29) is 18.0 Å². The number of anilines is 2. The molecule has 102 valence electrons. The van der Waals surface area contributed by atoms with Crippen molar-refractivity contribution in [3.8, 4) is 6.01 Å². The topological polar surface area (TPSA) is 118 Å². The number of nitrogen functional groups attached to an aromatic ring is 1. The van der Waals surface area contributed by atoms with Crippen LogP contribution in [0.4, 0.5) is 11.9 Å². The molecule has 8 nitrogen and oxygen atoms in total. The van der Waals surface area contributed by atoms with Crippen molar-refractivity contribution in [2.75, 3.05) is 17.3 Å². The second kappa shape index (κ2) is 6.92. The zero-order chi connectivity index (χ0) is 13.5. The van der Waals surface area contributed by atoms with Crippen molar-refractivity contribution in [2.45, 2.75) is 39.3 Å². The van der Waals surface area contributed by atoms with E-state index in [2.05, 4.69) is 25.7 Å². The fraction of sp³-hybridized carbons (Fsp3) is 0.700. The van der Waals surface area contributed by atoms with E-state index in [1.165, 1.54) is 0 Å². The van der Waals surface area contributed by atoms with Crippen molar-refractivity contribution in [2.24, 2.45) is 5.84 Å². The molecule has 0 saturated carbocycles. The van der Waals surface area contributed by atoms with Gasteiger partial charge in [0.15, 0.2) is 0 Å². The highest BCUT2D eigenvalue weighted by Crippen LogP contribution is 2.12. The molecule has 0 bridgehead atoms. The van der Waals surface area contributed by atoms with Crippen LogP contribution in [-0.2, 0) is 0 Å². The van der Waals surface area contributed by atoms with E-state index in [0.29, 0.717) is 19.0 Å². The summed E-state index contributed by atoms with van der Waals surface area (Å²) in [6, 6.07) is 0.222. The van der Waals surface area contributed by atoms with Crippen LogP contribution in [0.2, 0.25) is 0 Å². The van der Waals surface area contributed by atoms with E-state index in [1.807, 2.05) is 13.8 Å². The Morgan fingerprint density at radius 3 is 2.50 bits per heavy atom. The fourth-order valence-corrected chi connectivity index (χ4v) is 1.47. The second-order valence-corrected chi connectivity index (χ2v) is 3.97. The molecule has 5 N–H and O–H groups in total. The standard InChI is InChI=1S/C10H20N6O2/c1-4-18-10-14-8(13-9(15-10)16-11)12-6(2)5-7(3)17/h6-7,17H,4-5,11H2,1-3H3,(H2,12,13,14,15,16). The molecule has 0 aliphatic rings. The lowest BCUT2D eigenvalue weighted by Gasteiger charge is -2.15. The molecule has 1 heterocycles. The maximum atomic E-state index is 9.29. The summed E-state index contributed by atoms with van der Waals surface area (Å²) in [5.41, 5.74) is 2.35. The Morgan fingerprint density at radius 1 is 1.28 bits per heavy atom. The number of aliphatic hydroxyl groups excluding tert-OH is 1. The van der Waals surface area contributed by atoms with E-state index in [0.717, 1.165) is 0 Å². The van der Waals surface area contributed by atoms with Gasteiger partial charge < -0.3 is 15.2 Å². The molecule has 0 aliphatic heterocycles. The largest absolute Gasteiger partial charge is 0.464 e. The molecule has 0 aromatic carbocycles. The summed E-state index contributed by atoms with van der Waals surface area (Å²) in [4.78, 5) is 12.1. The maximum Gasteiger partial charge on any atom is 0.323 e. The van der Waals surface area contributed by atoms with Crippen molar-refractivity contribution in [1.82, 2.24) is 15.0 Å². The summed E-state index contributed by atoms with van der Waals surface area (Å²) in [5.74, 6) is 5.85. The maximum absolute atomic E-state index is 9.29. The summed E-state index contributed by atoms with van der Waals surface area (Å²) in [7, 11) is 0. The number of nitrogens with two attached hydrogens (primary N) is 1. The molecule has 0 aliphatic carbocycles. The van der Waals surface area contributed by atoms with E-state index in [1.54, 1.807) is 6.92 Å². The normalized spacial score (nSPS) is 13.8. The first kappa shape index (κ1) is 14.4. The smallest absolute Gasteiger partial charge is 0.323 e. The molecule has 1 aromatic rings. The molecule has 0 saturated heterocycles. The number of aromatic nitrogens is 3. The molecular formula is C10H20N6O2. The highest BCUT2D eigenvalue weighted by atomic mass is 16.5. The Bertz CT molecular complexity index is 373. The van der Waals surface area contributed by atoms with Crippen LogP contribution in [-0.4, -0.2) is 38.8 Å². The van der Waals surface area contributed by atoms with Crippen LogP contribution in [0.1, 0.15) is 27.2 Å². The Hall–Kier alpha value is -1.67. The van der Waals surface area contributed by atoms with Crippen molar-refractivity contribution in [1.29, 1.82) is 0 Å². The van der Waals surface area contributed by atoms with Gasteiger partial charge >= 0.3 is 6.01 Å². The average molecular weight is 256 g/mol. The highest BCUT2D eigenvalue weighted by molar-refractivity contribution is 5.35. The monoisotopic (exact) mass is 256 g/mol. The zero-order valence-electron chi connectivity index (χ0n) is 10.8. The third-order valence-electron chi connectivity index (χ3n) is 2.09. The van der Waals surface area contributed by atoms with Crippen molar-refractivity contribution >= 4 is 11.9 Å². The van der Waals surface area contributed by atoms with Gasteiger partial charge in [0.2, 0.25) is 11.9 Å². The summed E-state index contributed by atoms with van der Waals surface area (Å²) in [5, 5.41) is 12.3. The van der Waals surface area contributed by atoms with Crippen LogP contribution in [0, 0.1) is 0 Å². The van der Waals surface area contributed by atoms with Gasteiger partial charge in [-0.05, 0) is 27.2 Å². The predicted molar refractivity (Wildman–Crippen MR) is 68.2 cm³/mol. The van der Waals surface area contributed by atoms with Gasteiger partial charge in [-0.3, -0.25) is 5.43 Å². The van der Waals surface area contributed by atoms with Crippen molar-refractivity contribution < 1.29 is 9.84 Å². The molecule has 0 fully saturated rings. The Morgan fingerprint density at radius 2 is 1.94 bits per heavy atom. The zero-order valence-corrected chi connectivity index (χ0v) is 10.8. The first-order valence-electron chi connectivity index (χ1n) is 5.85. The van der Waals surface area contributed by atoms with Gasteiger partial charge in [-0.2, -0.15) is 15.0 Å². The van der Waals surface area contributed by atoms with Crippen LogP contribution in [0.25, 0.3) is 0 Å². The number of nitrogens with one attached hydrogen (secondary N) is 2. The molecule has 1 rings (SSSR count). The lowest BCUT2D eigenvalue weighted by molar-refractivity contribution is 0.179. The summed E-state index contributed by atoms with van der Waals surface area (Å²) < 4.78 is 5.20. The number of hydrogen-bond acceptors (Lipinski definition) is 8. The molecule has 2 unspecified atom stereocenters. The highest BCUT2D eigenvalue weighted by Gasteiger charge is 2.11. The summed E-state index contributed by atoms with van der Waals surface area (Å²) in [6.45, 7) is 5.94. The number of ether oxygens (including phenoxy) is 1. The lowest BCUT2D eigenvalue weighted by atomic mass is 10.2. The number of aliphatic hydroxyl groups is 1. The number of rotatable bonds is 7. The number of hydrazine groups is 1. The first-order chi connectivity index (χ1) is 8.55. The van der Waals surface area contributed by atoms with Crippen LogP contribution < -0.4 is 21.3 Å². The number of hydrogen-bond donors (Lipinski definition) is 4. The van der Waals surface area contributed by atoms with Crippen LogP contribution >= 0.6 is 0 Å². The van der Waals surface area contributed by atoms with Gasteiger partial charge in [-0.25, -0.2) is 5.84 Å². The first-order valence-corrected chi connectivity index (χ1v) is 5.85. The van der Waals surface area contributed by atoms with Gasteiger partial charge in [0.25, 0.3) is 0 Å². The summed E-state index contributed by atoms with van der Waals surface area (Å²) in [6.07, 6.45) is 0.189. The van der Waals surface area contributed by atoms with Crippen LogP contribution in [0.15, 0.2) is 0 Å². The lowest BCUT2D eigenvalue weighted by Crippen LogP contribution is -2.23. The SMILES string of the molecule is CCOc1nc(NN)nc(NC(C)CC(C)O)n1.